The number of rotatable bonds is 6. The average molecular weight is 339 g/mol. The largest absolute Gasteiger partial charge is 0.370 e. The Kier molecular flexibility index (Phi) is 5.74. The van der Waals surface area contributed by atoms with Crippen LogP contribution in [0, 0.1) is 12.8 Å². The van der Waals surface area contributed by atoms with Crippen LogP contribution in [0.2, 0.25) is 0 Å². The molecular formula is C20H29N5. The number of piperazine rings is 1. The molecule has 5 nitrogen and oxygen atoms in total. The minimum absolute atomic E-state index is 0.698. The average Bonchev–Trinajstić information content (AvgIpc) is 2.62. The molecule has 0 bridgehead atoms. The maximum atomic E-state index is 4.69. The highest BCUT2D eigenvalue weighted by Gasteiger charge is 2.19. The summed E-state index contributed by atoms with van der Waals surface area (Å²) >= 11 is 0. The highest BCUT2D eigenvalue weighted by molar-refractivity contribution is 5.50. The molecule has 1 aromatic carbocycles. The van der Waals surface area contributed by atoms with E-state index in [2.05, 4.69) is 65.1 Å². The van der Waals surface area contributed by atoms with Crippen molar-refractivity contribution in [2.24, 2.45) is 5.92 Å². The molecule has 2 aromatic rings. The first-order valence-electron chi connectivity index (χ1n) is 9.25. The lowest BCUT2D eigenvalue weighted by atomic mass is 10.1. The van der Waals surface area contributed by atoms with Crippen LogP contribution >= 0.6 is 0 Å². The van der Waals surface area contributed by atoms with Crippen LogP contribution in [0.5, 0.6) is 0 Å². The van der Waals surface area contributed by atoms with Gasteiger partial charge in [0.15, 0.2) is 0 Å². The number of nitrogens with zero attached hydrogens (tertiary/aromatic N) is 4. The molecule has 5 heteroatoms. The van der Waals surface area contributed by atoms with Gasteiger partial charge in [-0.2, -0.15) is 4.98 Å². The molecule has 1 aliphatic rings. The molecule has 0 saturated carbocycles. The second kappa shape index (κ2) is 8.19. The quantitative estimate of drug-likeness (QED) is 0.871. The van der Waals surface area contributed by atoms with Crippen LogP contribution < -0.4 is 15.1 Å². The van der Waals surface area contributed by atoms with E-state index in [1.807, 2.05) is 12.3 Å². The molecule has 1 aliphatic heterocycles. The van der Waals surface area contributed by atoms with Gasteiger partial charge in [0.1, 0.15) is 5.82 Å². The van der Waals surface area contributed by atoms with Gasteiger partial charge in [-0.05, 0) is 43.0 Å². The molecule has 0 amide bonds. The predicted molar refractivity (Wildman–Crippen MR) is 106 cm³/mol. The number of hydrogen-bond donors (Lipinski definition) is 1. The lowest BCUT2D eigenvalue weighted by Crippen LogP contribution is -2.47. The first kappa shape index (κ1) is 17.5. The topological polar surface area (TPSA) is 44.3 Å². The van der Waals surface area contributed by atoms with Crippen LogP contribution in [0.4, 0.5) is 17.5 Å². The van der Waals surface area contributed by atoms with Gasteiger partial charge in [-0.15, -0.1) is 0 Å². The first-order chi connectivity index (χ1) is 12.1. The summed E-state index contributed by atoms with van der Waals surface area (Å²) in [5.41, 5.74) is 2.62. The van der Waals surface area contributed by atoms with Crippen molar-refractivity contribution in [2.45, 2.75) is 27.2 Å². The van der Waals surface area contributed by atoms with Gasteiger partial charge in [-0.3, -0.25) is 0 Å². The Morgan fingerprint density at radius 2 is 1.84 bits per heavy atom. The normalized spacial score (nSPS) is 14.9. The smallest absolute Gasteiger partial charge is 0.227 e. The minimum Gasteiger partial charge on any atom is -0.370 e. The molecule has 2 heterocycles. The number of nitrogens with one attached hydrogen (secondary N) is 1. The van der Waals surface area contributed by atoms with Crippen molar-refractivity contribution in [3.8, 4) is 0 Å². The SMILES string of the molecule is Cc1cccc(N2CCN(c3nccc(NCCC(C)C)n3)CC2)c1. The number of benzene rings is 1. The van der Waals surface area contributed by atoms with Gasteiger partial charge < -0.3 is 15.1 Å². The lowest BCUT2D eigenvalue weighted by molar-refractivity contribution is 0.606. The van der Waals surface area contributed by atoms with Crippen molar-refractivity contribution in [2.75, 3.05) is 47.8 Å². The summed E-state index contributed by atoms with van der Waals surface area (Å²) in [6, 6.07) is 10.7. The molecule has 0 aliphatic carbocycles. The number of hydrogen-bond acceptors (Lipinski definition) is 5. The fourth-order valence-corrected chi connectivity index (χ4v) is 3.08. The van der Waals surface area contributed by atoms with Gasteiger partial charge in [0, 0.05) is 44.6 Å². The van der Waals surface area contributed by atoms with E-state index in [9.17, 15) is 0 Å². The Morgan fingerprint density at radius 3 is 2.56 bits per heavy atom. The number of anilines is 3. The standard InChI is InChI=1S/C20H29N5/c1-16(2)7-9-21-19-8-10-22-20(23-19)25-13-11-24(12-14-25)18-6-4-5-17(3)15-18/h4-6,8,10,15-16H,7,9,11-14H2,1-3H3,(H,21,22,23). The molecule has 0 radical (unpaired) electrons. The van der Waals surface area contributed by atoms with Crippen molar-refractivity contribution >= 4 is 17.5 Å². The van der Waals surface area contributed by atoms with E-state index in [0.717, 1.165) is 50.9 Å². The van der Waals surface area contributed by atoms with E-state index in [4.69, 9.17) is 4.98 Å². The van der Waals surface area contributed by atoms with Gasteiger partial charge >= 0.3 is 0 Å². The van der Waals surface area contributed by atoms with E-state index >= 15 is 0 Å². The zero-order valence-electron chi connectivity index (χ0n) is 15.6. The summed E-state index contributed by atoms with van der Waals surface area (Å²) in [5.74, 6) is 2.45. The third kappa shape index (κ3) is 4.84. The number of aromatic nitrogens is 2. The van der Waals surface area contributed by atoms with Gasteiger partial charge in [0.2, 0.25) is 5.95 Å². The maximum absolute atomic E-state index is 4.69. The van der Waals surface area contributed by atoms with Gasteiger partial charge in [0.05, 0.1) is 0 Å². The van der Waals surface area contributed by atoms with Crippen LogP contribution in [0.1, 0.15) is 25.8 Å². The highest BCUT2D eigenvalue weighted by Crippen LogP contribution is 2.20. The van der Waals surface area contributed by atoms with E-state index in [1.54, 1.807) is 0 Å². The van der Waals surface area contributed by atoms with Crippen molar-refractivity contribution < 1.29 is 0 Å². The van der Waals surface area contributed by atoms with E-state index < -0.39 is 0 Å². The molecule has 1 aromatic heterocycles. The van der Waals surface area contributed by atoms with E-state index in [-0.39, 0.29) is 0 Å². The fraction of sp³-hybridized carbons (Fsp3) is 0.500. The van der Waals surface area contributed by atoms with Gasteiger partial charge in [0.25, 0.3) is 0 Å². The molecule has 0 unspecified atom stereocenters. The van der Waals surface area contributed by atoms with Gasteiger partial charge in [-0.1, -0.05) is 26.0 Å². The zero-order chi connectivity index (χ0) is 17.6. The Hall–Kier alpha value is -2.30. The summed E-state index contributed by atoms with van der Waals surface area (Å²) in [6.45, 7) is 11.5. The lowest BCUT2D eigenvalue weighted by Gasteiger charge is -2.36. The Bertz CT molecular complexity index is 677. The highest BCUT2D eigenvalue weighted by atomic mass is 15.3. The van der Waals surface area contributed by atoms with Crippen LogP contribution in [0.25, 0.3) is 0 Å². The molecule has 1 fully saturated rings. The van der Waals surface area contributed by atoms with Crippen molar-refractivity contribution in [1.82, 2.24) is 9.97 Å². The Morgan fingerprint density at radius 1 is 1.08 bits per heavy atom. The predicted octanol–water partition coefficient (Wildman–Crippen LogP) is 3.57. The van der Waals surface area contributed by atoms with Crippen LogP contribution in [0.15, 0.2) is 36.5 Å². The molecule has 1 saturated heterocycles. The third-order valence-electron chi connectivity index (χ3n) is 4.60. The summed E-state index contributed by atoms with van der Waals surface area (Å²) in [5, 5.41) is 3.41. The van der Waals surface area contributed by atoms with E-state index in [1.165, 1.54) is 11.3 Å². The third-order valence-corrected chi connectivity index (χ3v) is 4.60. The monoisotopic (exact) mass is 339 g/mol. The molecular weight excluding hydrogens is 310 g/mol. The van der Waals surface area contributed by atoms with Crippen molar-refractivity contribution in [3.05, 3.63) is 42.1 Å². The molecule has 0 spiro atoms. The van der Waals surface area contributed by atoms with Crippen LogP contribution in [0.3, 0.4) is 0 Å². The maximum Gasteiger partial charge on any atom is 0.227 e. The number of aryl methyl sites for hydroxylation is 1. The first-order valence-corrected chi connectivity index (χ1v) is 9.25. The van der Waals surface area contributed by atoms with Crippen LogP contribution in [-0.2, 0) is 0 Å². The minimum atomic E-state index is 0.698. The van der Waals surface area contributed by atoms with E-state index in [0.29, 0.717) is 5.92 Å². The van der Waals surface area contributed by atoms with Crippen molar-refractivity contribution in [3.63, 3.8) is 0 Å². The van der Waals surface area contributed by atoms with Crippen molar-refractivity contribution in [1.29, 1.82) is 0 Å². The Balaban J connectivity index is 1.57. The molecule has 3 rings (SSSR count). The van der Waals surface area contributed by atoms with Gasteiger partial charge in [-0.25, -0.2) is 4.98 Å². The summed E-state index contributed by atoms with van der Waals surface area (Å²) in [6.07, 6.45) is 3.00. The summed E-state index contributed by atoms with van der Waals surface area (Å²) in [4.78, 5) is 13.9. The molecule has 0 atom stereocenters. The molecule has 134 valence electrons. The summed E-state index contributed by atoms with van der Waals surface area (Å²) < 4.78 is 0. The Labute approximate surface area is 151 Å². The molecule has 25 heavy (non-hydrogen) atoms. The second-order valence-corrected chi connectivity index (χ2v) is 7.16. The zero-order valence-corrected chi connectivity index (χ0v) is 15.6. The fourth-order valence-electron chi connectivity index (χ4n) is 3.08. The molecule has 1 N–H and O–H groups in total. The van der Waals surface area contributed by atoms with Crippen LogP contribution in [-0.4, -0.2) is 42.7 Å². The second-order valence-electron chi connectivity index (χ2n) is 7.16. The summed E-state index contributed by atoms with van der Waals surface area (Å²) in [7, 11) is 0.